The topological polar surface area (TPSA) is 41.1 Å². The average Bonchev–Trinajstić information content (AvgIpc) is 2.22. The van der Waals surface area contributed by atoms with Crippen LogP contribution in [0.25, 0.3) is 0 Å². The minimum atomic E-state index is -0.0231. The van der Waals surface area contributed by atoms with Crippen LogP contribution in [0.4, 0.5) is 0 Å². The number of halogens is 3. The van der Waals surface area contributed by atoms with Gasteiger partial charge < -0.3 is 10.6 Å². The predicted octanol–water partition coefficient (Wildman–Crippen LogP) is 2.68. The lowest BCUT2D eigenvalue weighted by Crippen LogP contribution is -2.39. The largest absolute Gasteiger partial charge is 0.352 e. The van der Waals surface area contributed by atoms with Crippen LogP contribution >= 0.6 is 35.6 Å². The fraction of sp³-hybridized carbons (Fsp3) is 0.417. The molecule has 3 nitrogen and oxygen atoms in total. The molecular weight excluding hydrogens is 295 g/mol. The fourth-order valence-electron chi connectivity index (χ4n) is 1.55. The first kappa shape index (κ1) is 17.5. The second kappa shape index (κ2) is 8.59. The minimum absolute atomic E-state index is 0. The van der Waals surface area contributed by atoms with Crippen molar-refractivity contribution in [2.45, 2.75) is 19.4 Å². The lowest BCUT2D eigenvalue weighted by molar-refractivity contribution is -0.120. The van der Waals surface area contributed by atoms with E-state index in [0.29, 0.717) is 23.0 Å². The molecule has 18 heavy (non-hydrogen) atoms. The van der Waals surface area contributed by atoms with Gasteiger partial charge in [-0.2, -0.15) is 0 Å². The number of hydrogen-bond acceptors (Lipinski definition) is 2. The summed E-state index contributed by atoms with van der Waals surface area (Å²) < 4.78 is 0. The Bertz CT molecular complexity index is 399. The maximum atomic E-state index is 11.4. The predicted molar refractivity (Wildman–Crippen MR) is 78.9 cm³/mol. The number of carbonyl (C=O) groups excluding carboxylic acids is 1. The van der Waals surface area contributed by atoms with E-state index in [9.17, 15) is 4.79 Å². The van der Waals surface area contributed by atoms with Crippen LogP contribution in [0, 0.1) is 0 Å². The summed E-state index contributed by atoms with van der Waals surface area (Å²) in [5.74, 6) is -0.0231. The lowest BCUT2D eigenvalue weighted by Gasteiger charge is -2.14. The standard InChI is InChI=1S/C12H16Cl2N2O.ClH/c1-8(16-12(17)7-15-2)5-9-3-4-10(13)6-11(9)14;/h3-4,6,8,15H,5,7H2,1-2H3,(H,16,17);1H. The minimum Gasteiger partial charge on any atom is -0.352 e. The summed E-state index contributed by atoms with van der Waals surface area (Å²) in [6.07, 6.45) is 0.686. The number of nitrogens with one attached hydrogen (secondary N) is 2. The lowest BCUT2D eigenvalue weighted by atomic mass is 10.1. The van der Waals surface area contributed by atoms with Crippen molar-refractivity contribution in [2.24, 2.45) is 0 Å². The Balaban J connectivity index is 0.00000289. The van der Waals surface area contributed by atoms with Gasteiger partial charge in [0.1, 0.15) is 0 Å². The summed E-state index contributed by atoms with van der Waals surface area (Å²) in [5, 5.41) is 6.93. The maximum absolute atomic E-state index is 11.4. The molecule has 0 fully saturated rings. The SMILES string of the molecule is CNCC(=O)NC(C)Cc1ccc(Cl)cc1Cl.Cl. The first-order chi connectivity index (χ1) is 8.02. The van der Waals surface area contributed by atoms with Gasteiger partial charge in [0.2, 0.25) is 5.91 Å². The van der Waals surface area contributed by atoms with Crippen molar-refractivity contribution in [2.75, 3.05) is 13.6 Å². The average molecular weight is 312 g/mol. The molecular formula is C12H17Cl3N2O. The second-order valence-electron chi connectivity index (χ2n) is 3.94. The Hall–Kier alpha value is -0.480. The van der Waals surface area contributed by atoms with Gasteiger partial charge in [0.15, 0.2) is 0 Å². The zero-order valence-electron chi connectivity index (χ0n) is 10.3. The van der Waals surface area contributed by atoms with Crippen LogP contribution in [-0.2, 0) is 11.2 Å². The van der Waals surface area contributed by atoms with Crippen molar-refractivity contribution < 1.29 is 4.79 Å². The van der Waals surface area contributed by atoms with Gasteiger partial charge in [0.05, 0.1) is 6.54 Å². The van der Waals surface area contributed by atoms with Gasteiger partial charge in [-0.1, -0.05) is 29.3 Å². The van der Waals surface area contributed by atoms with Crippen molar-refractivity contribution in [3.8, 4) is 0 Å². The molecule has 2 N–H and O–H groups in total. The Morgan fingerprint density at radius 1 is 1.39 bits per heavy atom. The highest BCUT2D eigenvalue weighted by molar-refractivity contribution is 6.35. The molecule has 1 rings (SSSR count). The Morgan fingerprint density at radius 3 is 2.61 bits per heavy atom. The normalized spacial score (nSPS) is 11.6. The number of rotatable bonds is 5. The number of amides is 1. The summed E-state index contributed by atoms with van der Waals surface area (Å²) in [6.45, 7) is 2.26. The Kier molecular flexibility index (Phi) is 8.36. The Morgan fingerprint density at radius 2 is 2.06 bits per heavy atom. The molecule has 0 aromatic heterocycles. The molecule has 0 aliphatic heterocycles. The third-order valence-corrected chi connectivity index (χ3v) is 2.87. The van der Waals surface area contributed by atoms with E-state index in [4.69, 9.17) is 23.2 Å². The molecule has 6 heteroatoms. The fourth-order valence-corrected chi connectivity index (χ4v) is 2.04. The second-order valence-corrected chi connectivity index (χ2v) is 4.78. The molecule has 1 aromatic carbocycles. The van der Waals surface area contributed by atoms with E-state index in [1.807, 2.05) is 13.0 Å². The summed E-state index contributed by atoms with van der Waals surface area (Å²) in [7, 11) is 1.74. The van der Waals surface area contributed by atoms with Gasteiger partial charge >= 0.3 is 0 Å². The van der Waals surface area contributed by atoms with E-state index >= 15 is 0 Å². The molecule has 1 unspecified atom stereocenters. The van der Waals surface area contributed by atoms with Crippen LogP contribution in [0.15, 0.2) is 18.2 Å². The van der Waals surface area contributed by atoms with E-state index < -0.39 is 0 Å². The summed E-state index contributed by atoms with van der Waals surface area (Å²) in [4.78, 5) is 11.4. The molecule has 0 saturated heterocycles. The summed E-state index contributed by atoms with van der Waals surface area (Å²) >= 11 is 11.9. The maximum Gasteiger partial charge on any atom is 0.234 e. The third-order valence-electron chi connectivity index (χ3n) is 2.29. The number of carbonyl (C=O) groups is 1. The number of likely N-dealkylation sites (N-methyl/N-ethyl adjacent to an activating group) is 1. The van der Waals surface area contributed by atoms with Crippen LogP contribution in [0.3, 0.4) is 0 Å². The van der Waals surface area contributed by atoms with Crippen LogP contribution in [0.1, 0.15) is 12.5 Å². The summed E-state index contributed by atoms with van der Waals surface area (Å²) in [6, 6.07) is 5.42. The van der Waals surface area contributed by atoms with Crippen LogP contribution in [-0.4, -0.2) is 25.5 Å². The molecule has 1 amide bonds. The van der Waals surface area contributed by atoms with Crippen LogP contribution < -0.4 is 10.6 Å². The molecule has 0 heterocycles. The molecule has 1 aromatic rings. The first-order valence-corrected chi connectivity index (χ1v) is 6.16. The van der Waals surface area contributed by atoms with Crippen molar-refractivity contribution in [1.82, 2.24) is 10.6 Å². The van der Waals surface area contributed by atoms with Gasteiger partial charge in [-0.3, -0.25) is 4.79 Å². The van der Waals surface area contributed by atoms with Crippen molar-refractivity contribution >= 4 is 41.5 Å². The van der Waals surface area contributed by atoms with E-state index in [1.54, 1.807) is 19.2 Å². The molecule has 0 radical (unpaired) electrons. The van der Waals surface area contributed by atoms with Gasteiger partial charge in [-0.25, -0.2) is 0 Å². The molecule has 0 saturated carbocycles. The summed E-state index contributed by atoms with van der Waals surface area (Å²) in [5.41, 5.74) is 0.980. The highest BCUT2D eigenvalue weighted by Gasteiger charge is 2.09. The van der Waals surface area contributed by atoms with Crippen molar-refractivity contribution in [3.05, 3.63) is 33.8 Å². The zero-order valence-corrected chi connectivity index (χ0v) is 12.6. The highest BCUT2D eigenvalue weighted by atomic mass is 35.5. The first-order valence-electron chi connectivity index (χ1n) is 5.41. The van der Waals surface area contributed by atoms with Crippen LogP contribution in [0.5, 0.6) is 0 Å². The number of hydrogen-bond donors (Lipinski definition) is 2. The molecule has 0 aliphatic carbocycles. The number of benzene rings is 1. The van der Waals surface area contributed by atoms with Gasteiger partial charge in [-0.15, -0.1) is 12.4 Å². The third kappa shape index (κ3) is 5.91. The van der Waals surface area contributed by atoms with E-state index in [-0.39, 0.29) is 24.4 Å². The quantitative estimate of drug-likeness (QED) is 0.878. The van der Waals surface area contributed by atoms with E-state index in [1.165, 1.54) is 0 Å². The van der Waals surface area contributed by atoms with E-state index in [0.717, 1.165) is 5.56 Å². The van der Waals surface area contributed by atoms with E-state index in [2.05, 4.69) is 10.6 Å². The van der Waals surface area contributed by atoms with Gasteiger partial charge in [-0.05, 0) is 38.1 Å². The highest BCUT2D eigenvalue weighted by Crippen LogP contribution is 2.21. The smallest absolute Gasteiger partial charge is 0.234 e. The van der Waals surface area contributed by atoms with Gasteiger partial charge in [0.25, 0.3) is 0 Å². The van der Waals surface area contributed by atoms with Gasteiger partial charge in [0, 0.05) is 16.1 Å². The molecule has 0 bridgehead atoms. The molecule has 102 valence electrons. The monoisotopic (exact) mass is 310 g/mol. The zero-order chi connectivity index (χ0) is 12.8. The molecule has 1 atom stereocenters. The van der Waals surface area contributed by atoms with Crippen molar-refractivity contribution in [1.29, 1.82) is 0 Å². The Labute approximate surface area is 124 Å². The molecule has 0 spiro atoms. The van der Waals surface area contributed by atoms with Crippen molar-refractivity contribution in [3.63, 3.8) is 0 Å². The van der Waals surface area contributed by atoms with Crippen LogP contribution in [0.2, 0.25) is 10.0 Å². The molecule has 0 aliphatic rings.